The third-order valence-corrected chi connectivity index (χ3v) is 5.92. The summed E-state index contributed by atoms with van der Waals surface area (Å²) in [5, 5.41) is 0. The van der Waals surface area contributed by atoms with Gasteiger partial charge in [0.05, 0.1) is 4.90 Å². The van der Waals surface area contributed by atoms with Gasteiger partial charge in [-0.25, -0.2) is 13.1 Å². The molecular weight excluding hydrogens is 272 g/mol. The quantitative estimate of drug-likeness (QED) is 0.874. The zero-order valence-electron chi connectivity index (χ0n) is 12.3. The first-order valence-corrected chi connectivity index (χ1v) is 8.64. The highest BCUT2D eigenvalue weighted by atomic mass is 32.2. The maximum Gasteiger partial charge on any atom is 0.240 e. The van der Waals surface area contributed by atoms with Gasteiger partial charge in [-0.1, -0.05) is 18.9 Å². The third kappa shape index (κ3) is 3.22. The Morgan fingerprint density at radius 3 is 2.40 bits per heavy atom. The average molecular weight is 296 g/mol. The Labute approximate surface area is 121 Å². The van der Waals surface area contributed by atoms with Crippen molar-refractivity contribution in [2.24, 2.45) is 11.1 Å². The number of aryl methyl sites for hydroxylation is 2. The third-order valence-electron chi connectivity index (χ3n) is 4.52. The summed E-state index contributed by atoms with van der Waals surface area (Å²) in [4.78, 5) is 0.339. The molecule has 0 radical (unpaired) electrons. The largest absolute Gasteiger partial charge is 0.330 e. The first kappa shape index (κ1) is 15.5. The van der Waals surface area contributed by atoms with Crippen LogP contribution in [0, 0.1) is 19.3 Å². The van der Waals surface area contributed by atoms with Gasteiger partial charge in [-0.3, -0.25) is 0 Å². The van der Waals surface area contributed by atoms with E-state index in [1.165, 1.54) is 0 Å². The standard InChI is InChI=1S/C15H24N2O2S/c1-12-5-6-14(9-13(12)2)20(18,19)17-11-15(10-16)7-3-4-8-15/h5-6,9,17H,3-4,7-8,10-11,16H2,1-2H3. The van der Waals surface area contributed by atoms with Gasteiger partial charge in [-0.2, -0.15) is 0 Å². The monoisotopic (exact) mass is 296 g/mol. The molecule has 5 heteroatoms. The van der Waals surface area contributed by atoms with Gasteiger partial charge in [-0.05, 0) is 61.9 Å². The van der Waals surface area contributed by atoms with Crippen molar-refractivity contribution >= 4 is 10.0 Å². The van der Waals surface area contributed by atoms with E-state index in [1.807, 2.05) is 19.9 Å². The van der Waals surface area contributed by atoms with E-state index in [1.54, 1.807) is 12.1 Å². The number of hydrogen-bond donors (Lipinski definition) is 2. The maximum atomic E-state index is 12.4. The predicted molar refractivity (Wildman–Crippen MR) is 81.1 cm³/mol. The van der Waals surface area contributed by atoms with Gasteiger partial charge in [0.15, 0.2) is 0 Å². The summed E-state index contributed by atoms with van der Waals surface area (Å²) in [5.41, 5.74) is 7.88. The predicted octanol–water partition coefficient (Wildman–Crippen LogP) is 2.10. The average Bonchev–Trinajstić information content (AvgIpc) is 2.89. The lowest BCUT2D eigenvalue weighted by atomic mass is 9.87. The maximum absolute atomic E-state index is 12.4. The SMILES string of the molecule is Cc1ccc(S(=O)(=O)NCC2(CN)CCCC2)cc1C. The van der Waals surface area contributed by atoms with E-state index < -0.39 is 10.0 Å². The molecule has 0 amide bonds. The van der Waals surface area contributed by atoms with E-state index >= 15 is 0 Å². The molecule has 0 aliphatic heterocycles. The van der Waals surface area contributed by atoms with E-state index in [0.29, 0.717) is 18.0 Å². The van der Waals surface area contributed by atoms with Crippen molar-refractivity contribution in [3.05, 3.63) is 29.3 Å². The van der Waals surface area contributed by atoms with Gasteiger partial charge in [-0.15, -0.1) is 0 Å². The molecule has 1 saturated carbocycles. The number of nitrogens with two attached hydrogens (primary N) is 1. The van der Waals surface area contributed by atoms with Crippen molar-refractivity contribution in [2.45, 2.75) is 44.4 Å². The topological polar surface area (TPSA) is 72.2 Å². The molecule has 0 bridgehead atoms. The molecule has 0 saturated heterocycles. The summed E-state index contributed by atoms with van der Waals surface area (Å²) < 4.78 is 27.5. The lowest BCUT2D eigenvalue weighted by molar-refractivity contribution is 0.309. The molecule has 0 atom stereocenters. The van der Waals surface area contributed by atoms with Crippen molar-refractivity contribution in [1.82, 2.24) is 4.72 Å². The van der Waals surface area contributed by atoms with Crippen LogP contribution in [0.4, 0.5) is 0 Å². The van der Waals surface area contributed by atoms with E-state index in [0.717, 1.165) is 36.8 Å². The summed E-state index contributed by atoms with van der Waals surface area (Å²) in [6.07, 6.45) is 4.31. The lowest BCUT2D eigenvalue weighted by Crippen LogP contribution is -2.40. The van der Waals surface area contributed by atoms with Crippen molar-refractivity contribution in [3.63, 3.8) is 0 Å². The number of benzene rings is 1. The minimum atomic E-state index is -3.44. The van der Waals surface area contributed by atoms with E-state index in [4.69, 9.17) is 5.73 Å². The fourth-order valence-corrected chi connectivity index (χ4v) is 4.03. The van der Waals surface area contributed by atoms with E-state index in [9.17, 15) is 8.42 Å². The van der Waals surface area contributed by atoms with Crippen LogP contribution in [0.1, 0.15) is 36.8 Å². The molecule has 1 aromatic carbocycles. The minimum absolute atomic E-state index is 0.0488. The first-order valence-electron chi connectivity index (χ1n) is 7.16. The molecule has 0 spiro atoms. The number of hydrogen-bond acceptors (Lipinski definition) is 3. The van der Waals surface area contributed by atoms with Crippen LogP contribution < -0.4 is 10.5 Å². The van der Waals surface area contributed by atoms with Gasteiger partial charge in [0.1, 0.15) is 0 Å². The zero-order valence-corrected chi connectivity index (χ0v) is 13.1. The van der Waals surface area contributed by atoms with Gasteiger partial charge in [0.2, 0.25) is 10.0 Å². The normalized spacial score (nSPS) is 18.4. The van der Waals surface area contributed by atoms with Crippen molar-refractivity contribution in [2.75, 3.05) is 13.1 Å². The van der Waals surface area contributed by atoms with Gasteiger partial charge < -0.3 is 5.73 Å². The highest BCUT2D eigenvalue weighted by Crippen LogP contribution is 2.36. The molecule has 1 aliphatic carbocycles. The summed E-state index contributed by atoms with van der Waals surface area (Å²) in [7, 11) is -3.44. The molecule has 20 heavy (non-hydrogen) atoms. The Balaban J connectivity index is 2.13. The van der Waals surface area contributed by atoms with Crippen LogP contribution in [0.25, 0.3) is 0 Å². The van der Waals surface area contributed by atoms with Crippen LogP contribution >= 0.6 is 0 Å². The number of sulfonamides is 1. The Kier molecular flexibility index (Phi) is 4.52. The molecule has 1 aliphatic rings. The Morgan fingerprint density at radius 1 is 1.20 bits per heavy atom. The second-order valence-electron chi connectivity index (χ2n) is 5.98. The lowest BCUT2D eigenvalue weighted by Gasteiger charge is -2.27. The molecule has 1 aromatic rings. The van der Waals surface area contributed by atoms with Crippen LogP contribution in [0.5, 0.6) is 0 Å². The summed E-state index contributed by atoms with van der Waals surface area (Å²) in [6, 6.07) is 5.23. The van der Waals surface area contributed by atoms with Crippen LogP contribution in [-0.2, 0) is 10.0 Å². The fourth-order valence-electron chi connectivity index (χ4n) is 2.79. The Hall–Kier alpha value is -0.910. The second-order valence-corrected chi connectivity index (χ2v) is 7.75. The fraction of sp³-hybridized carbons (Fsp3) is 0.600. The Morgan fingerprint density at radius 2 is 1.85 bits per heavy atom. The van der Waals surface area contributed by atoms with E-state index in [2.05, 4.69) is 4.72 Å². The van der Waals surface area contributed by atoms with Crippen LogP contribution in [-0.4, -0.2) is 21.5 Å². The van der Waals surface area contributed by atoms with Gasteiger partial charge >= 0.3 is 0 Å². The van der Waals surface area contributed by atoms with Crippen molar-refractivity contribution in [1.29, 1.82) is 0 Å². The van der Waals surface area contributed by atoms with Gasteiger partial charge in [0.25, 0.3) is 0 Å². The summed E-state index contributed by atoms with van der Waals surface area (Å²) in [5.74, 6) is 0. The summed E-state index contributed by atoms with van der Waals surface area (Å²) in [6.45, 7) is 4.88. The van der Waals surface area contributed by atoms with Crippen LogP contribution in [0.15, 0.2) is 23.1 Å². The molecule has 0 unspecified atom stereocenters. The highest BCUT2D eigenvalue weighted by Gasteiger charge is 2.33. The molecule has 112 valence electrons. The number of nitrogens with one attached hydrogen (secondary N) is 1. The number of rotatable bonds is 5. The van der Waals surface area contributed by atoms with Crippen molar-refractivity contribution in [3.8, 4) is 0 Å². The zero-order chi connectivity index (χ0) is 14.8. The second kappa shape index (κ2) is 5.84. The van der Waals surface area contributed by atoms with Gasteiger partial charge in [0, 0.05) is 6.54 Å². The molecule has 2 rings (SSSR count). The van der Waals surface area contributed by atoms with Crippen molar-refractivity contribution < 1.29 is 8.42 Å². The van der Waals surface area contributed by atoms with Crippen LogP contribution in [0.2, 0.25) is 0 Å². The highest BCUT2D eigenvalue weighted by molar-refractivity contribution is 7.89. The minimum Gasteiger partial charge on any atom is -0.330 e. The van der Waals surface area contributed by atoms with Crippen LogP contribution in [0.3, 0.4) is 0 Å². The summed E-state index contributed by atoms with van der Waals surface area (Å²) >= 11 is 0. The first-order chi connectivity index (χ1) is 9.38. The molecule has 1 fully saturated rings. The van der Waals surface area contributed by atoms with E-state index in [-0.39, 0.29) is 5.41 Å². The molecule has 3 N–H and O–H groups in total. The Bertz CT molecular complexity index is 576. The molecule has 4 nitrogen and oxygen atoms in total. The smallest absolute Gasteiger partial charge is 0.240 e. The molecular formula is C15H24N2O2S. The molecule has 0 aromatic heterocycles. The molecule has 0 heterocycles.